The van der Waals surface area contributed by atoms with E-state index in [1.807, 2.05) is 25.1 Å². The number of hydrogen-bond acceptors (Lipinski definition) is 2. The molecule has 1 aromatic carbocycles. The molecule has 3 nitrogen and oxygen atoms in total. The van der Waals surface area contributed by atoms with Crippen molar-refractivity contribution in [1.82, 2.24) is 10.2 Å². The van der Waals surface area contributed by atoms with Crippen LogP contribution in [-0.4, -0.2) is 29.9 Å². The highest BCUT2D eigenvalue weighted by molar-refractivity contribution is 5.87. The van der Waals surface area contributed by atoms with Crippen LogP contribution in [0.1, 0.15) is 25.3 Å². The third kappa shape index (κ3) is 5.56. The first-order chi connectivity index (χ1) is 10.3. The maximum atomic E-state index is 11.7. The van der Waals surface area contributed by atoms with Crippen molar-refractivity contribution in [1.29, 1.82) is 0 Å². The van der Waals surface area contributed by atoms with Crippen LogP contribution in [0.5, 0.6) is 0 Å². The predicted octanol–water partition coefficient (Wildman–Crippen LogP) is 2.90. The summed E-state index contributed by atoms with van der Waals surface area (Å²) in [4.78, 5) is 14.2. The molecule has 1 aromatic rings. The van der Waals surface area contributed by atoms with Crippen molar-refractivity contribution in [2.24, 2.45) is 0 Å². The van der Waals surface area contributed by atoms with E-state index in [0.717, 1.165) is 32.5 Å². The lowest BCUT2D eigenvalue weighted by Crippen LogP contribution is -2.43. The van der Waals surface area contributed by atoms with E-state index in [-0.39, 0.29) is 5.91 Å². The second kappa shape index (κ2) is 8.42. The summed E-state index contributed by atoms with van der Waals surface area (Å²) in [7, 11) is 0. The normalized spacial score (nSPS) is 17.6. The van der Waals surface area contributed by atoms with Crippen molar-refractivity contribution in [3.8, 4) is 0 Å². The number of rotatable bonds is 5. The number of likely N-dealkylation sites (tertiary alicyclic amines) is 1. The smallest absolute Gasteiger partial charge is 0.244 e. The van der Waals surface area contributed by atoms with Crippen LogP contribution in [0.4, 0.5) is 0 Å². The lowest BCUT2D eigenvalue weighted by atomic mass is 10.0. The molecule has 3 heteroatoms. The van der Waals surface area contributed by atoms with Crippen LogP contribution in [0.15, 0.2) is 54.6 Å². The molecule has 0 radical (unpaired) electrons. The number of hydrogen-bond donors (Lipinski definition) is 1. The summed E-state index contributed by atoms with van der Waals surface area (Å²) in [5.41, 5.74) is 1.36. The molecule has 112 valence electrons. The van der Waals surface area contributed by atoms with Crippen molar-refractivity contribution in [3.63, 3.8) is 0 Å². The Balaban J connectivity index is 1.72. The zero-order valence-electron chi connectivity index (χ0n) is 12.7. The van der Waals surface area contributed by atoms with Crippen LogP contribution in [0.3, 0.4) is 0 Å². The second-order valence-corrected chi connectivity index (χ2v) is 5.43. The molecule has 1 amide bonds. The van der Waals surface area contributed by atoms with Gasteiger partial charge in [0.1, 0.15) is 0 Å². The third-order valence-corrected chi connectivity index (χ3v) is 3.73. The highest BCUT2D eigenvalue weighted by Crippen LogP contribution is 2.13. The van der Waals surface area contributed by atoms with Gasteiger partial charge in [-0.05, 0) is 25.3 Å². The fraction of sp³-hybridized carbons (Fsp3) is 0.389. The Morgan fingerprint density at radius 2 is 1.95 bits per heavy atom. The van der Waals surface area contributed by atoms with Gasteiger partial charge in [0.05, 0.1) is 0 Å². The first kappa shape index (κ1) is 15.5. The summed E-state index contributed by atoms with van der Waals surface area (Å²) in [6.45, 7) is 5.02. The van der Waals surface area contributed by atoms with Crippen molar-refractivity contribution in [3.05, 3.63) is 60.2 Å². The minimum atomic E-state index is 0.00890. The van der Waals surface area contributed by atoms with Gasteiger partial charge in [0.25, 0.3) is 0 Å². The van der Waals surface area contributed by atoms with E-state index in [1.165, 1.54) is 5.56 Å². The molecule has 1 heterocycles. The lowest BCUT2D eigenvalue weighted by Gasteiger charge is -2.32. The fourth-order valence-electron chi connectivity index (χ4n) is 2.58. The van der Waals surface area contributed by atoms with Crippen LogP contribution in [0.25, 0.3) is 0 Å². The maximum Gasteiger partial charge on any atom is 0.244 e. The van der Waals surface area contributed by atoms with E-state index in [1.54, 1.807) is 12.2 Å². The molecular weight excluding hydrogens is 260 g/mol. The second-order valence-electron chi connectivity index (χ2n) is 5.43. The van der Waals surface area contributed by atoms with Crippen molar-refractivity contribution < 1.29 is 4.79 Å². The number of carbonyl (C=O) groups is 1. The van der Waals surface area contributed by atoms with Gasteiger partial charge >= 0.3 is 0 Å². The molecular formula is C18H24N2O. The van der Waals surface area contributed by atoms with Gasteiger partial charge in [-0.25, -0.2) is 0 Å². The Kier molecular flexibility index (Phi) is 6.22. The van der Waals surface area contributed by atoms with Gasteiger partial charge in [0.2, 0.25) is 5.91 Å². The number of carbonyl (C=O) groups excluding carboxylic acids is 1. The monoisotopic (exact) mass is 284 g/mol. The van der Waals surface area contributed by atoms with Gasteiger partial charge in [-0.3, -0.25) is 9.69 Å². The Labute approximate surface area is 127 Å². The Hall–Kier alpha value is -1.87. The van der Waals surface area contributed by atoms with Crippen LogP contribution in [0, 0.1) is 0 Å². The number of nitrogens with one attached hydrogen (secondary N) is 1. The van der Waals surface area contributed by atoms with Crippen molar-refractivity contribution in [2.75, 3.05) is 13.1 Å². The molecule has 21 heavy (non-hydrogen) atoms. The average molecular weight is 284 g/mol. The van der Waals surface area contributed by atoms with E-state index >= 15 is 0 Å². The Morgan fingerprint density at radius 1 is 1.24 bits per heavy atom. The van der Waals surface area contributed by atoms with Gasteiger partial charge in [-0.2, -0.15) is 0 Å². The minimum absolute atomic E-state index is 0.00890. The van der Waals surface area contributed by atoms with E-state index < -0.39 is 0 Å². The standard InChI is InChI=1S/C18H24N2O/c1-2-3-5-10-18(21)19-17-11-13-20(14-12-17)15-16-8-6-4-7-9-16/h2-10,17H,11-15H2,1H3,(H,19,21)/b3-2+,10-5+. The zero-order chi connectivity index (χ0) is 14.9. The number of piperidine rings is 1. The van der Waals surface area contributed by atoms with Crippen LogP contribution >= 0.6 is 0 Å². The van der Waals surface area contributed by atoms with Gasteiger partial charge in [0, 0.05) is 31.8 Å². The van der Waals surface area contributed by atoms with E-state index in [4.69, 9.17) is 0 Å². The number of benzene rings is 1. The summed E-state index contributed by atoms with van der Waals surface area (Å²) in [5.74, 6) is 0.00890. The zero-order valence-corrected chi connectivity index (χ0v) is 12.7. The van der Waals surface area contributed by atoms with E-state index in [9.17, 15) is 4.79 Å². The summed E-state index contributed by atoms with van der Waals surface area (Å²) in [6.07, 6.45) is 9.19. The van der Waals surface area contributed by atoms with Crippen molar-refractivity contribution >= 4 is 5.91 Å². The summed E-state index contributed by atoms with van der Waals surface area (Å²) in [6, 6.07) is 10.9. The molecule has 2 rings (SSSR count). The molecule has 0 spiro atoms. The third-order valence-electron chi connectivity index (χ3n) is 3.73. The fourth-order valence-corrected chi connectivity index (χ4v) is 2.58. The largest absolute Gasteiger partial charge is 0.350 e. The average Bonchev–Trinajstić information content (AvgIpc) is 2.51. The Morgan fingerprint density at radius 3 is 2.62 bits per heavy atom. The number of nitrogens with zero attached hydrogens (tertiary/aromatic N) is 1. The number of allylic oxidation sites excluding steroid dienone is 3. The molecule has 1 saturated heterocycles. The van der Waals surface area contributed by atoms with Gasteiger partial charge in [-0.15, -0.1) is 0 Å². The molecule has 1 aliphatic rings. The highest BCUT2D eigenvalue weighted by atomic mass is 16.1. The SMILES string of the molecule is C/C=C/C=C/C(=O)NC1CCN(Cc2ccccc2)CC1. The van der Waals surface area contributed by atoms with Crippen LogP contribution in [-0.2, 0) is 11.3 Å². The molecule has 0 unspecified atom stereocenters. The van der Waals surface area contributed by atoms with E-state index in [2.05, 4.69) is 34.5 Å². The Bertz CT molecular complexity index is 485. The lowest BCUT2D eigenvalue weighted by molar-refractivity contribution is -0.117. The molecule has 1 fully saturated rings. The van der Waals surface area contributed by atoms with Gasteiger partial charge in [0.15, 0.2) is 0 Å². The molecule has 0 atom stereocenters. The number of amides is 1. The molecule has 0 saturated carbocycles. The molecule has 0 bridgehead atoms. The van der Waals surface area contributed by atoms with Crippen LogP contribution < -0.4 is 5.32 Å². The topological polar surface area (TPSA) is 32.3 Å². The van der Waals surface area contributed by atoms with Crippen molar-refractivity contribution in [2.45, 2.75) is 32.4 Å². The minimum Gasteiger partial charge on any atom is -0.350 e. The quantitative estimate of drug-likeness (QED) is 0.666. The van der Waals surface area contributed by atoms with E-state index in [0.29, 0.717) is 6.04 Å². The van der Waals surface area contributed by atoms with Crippen LogP contribution in [0.2, 0.25) is 0 Å². The first-order valence-corrected chi connectivity index (χ1v) is 7.64. The molecule has 0 aliphatic carbocycles. The molecule has 0 aromatic heterocycles. The molecule has 1 aliphatic heterocycles. The summed E-state index contributed by atoms with van der Waals surface area (Å²) >= 11 is 0. The predicted molar refractivity (Wildman–Crippen MR) is 86.8 cm³/mol. The first-order valence-electron chi connectivity index (χ1n) is 7.64. The summed E-state index contributed by atoms with van der Waals surface area (Å²) < 4.78 is 0. The molecule has 1 N–H and O–H groups in total. The summed E-state index contributed by atoms with van der Waals surface area (Å²) in [5, 5.41) is 3.08. The highest BCUT2D eigenvalue weighted by Gasteiger charge is 2.19. The van der Waals surface area contributed by atoms with Gasteiger partial charge in [-0.1, -0.05) is 48.6 Å². The van der Waals surface area contributed by atoms with Gasteiger partial charge < -0.3 is 5.32 Å². The maximum absolute atomic E-state index is 11.7.